The number of nitrogens with one attached hydrogen (secondary N) is 1. The van der Waals surface area contributed by atoms with Gasteiger partial charge in [-0.2, -0.15) is 0 Å². The quantitative estimate of drug-likeness (QED) is 0.849. The lowest BCUT2D eigenvalue weighted by molar-refractivity contribution is 0.0601. The maximum Gasteiger partial charge on any atom is 0.339 e. The first kappa shape index (κ1) is 14.4. The Morgan fingerprint density at radius 2 is 2.29 bits per heavy atom. The smallest absolute Gasteiger partial charge is 0.339 e. The Bertz CT molecular complexity index is 701. The fourth-order valence-corrected chi connectivity index (χ4v) is 3.95. The average molecular weight is 326 g/mol. The molecule has 1 aromatic carbocycles. The number of carbonyl (C=O) groups excluding carboxylic acids is 1. The zero-order valence-electron chi connectivity index (χ0n) is 11.3. The minimum absolute atomic E-state index is 0.0361. The Morgan fingerprint density at radius 1 is 1.48 bits per heavy atom. The molecule has 1 unspecified atom stereocenters. The number of rotatable bonds is 3. The summed E-state index contributed by atoms with van der Waals surface area (Å²) in [7, 11) is 1.31. The number of esters is 1. The Balaban J connectivity index is 1.91. The molecule has 110 valence electrons. The van der Waals surface area contributed by atoms with Gasteiger partial charge in [0.1, 0.15) is 5.82 Å². The molecule has 6 heteroatoms. The van der Waals surface area contributed by atoms with Crippen molar-refractivity contribution in [1.29, 1.82) is 0 Å². The lowest BCUT2D eigenvalue weighted by atomic mass is 10.1. The molecule has 0 radical (unpaired) electrons. The Hall–Kier alpha value is -1.59. The molecule has 0 aliphatic heterocycles. The normalized spacial score (nSPS) is 16.6. The maximum atomic E-state index is 13.5. The second-order valence-corrected chi connectivity index (χ2v) is 6.61. The summed E-state index contributed by atoms with van der Waals surface area (Å²) in [5, 5.41) is 3.24. The molecule has 2 aromatic rings. The van der Waals surface area contributed by atoms with E-state index < -0.39 is 11.8 Å². The van der Waals surface area contributed by atoms with Gasteiger partial charge in [0.25, 0.3) is 0 Å². The lowest BCUT2D eigenvalue weighted by Crippen LogP contribution is -2.12. The molecule has 0 saturated carbocycles. The van der Waals surface area contributed by atoms with E-state index in [0.29, 0.717) is 11.3 Å². The molecule has 0 spiro atoms. The van der Waals surface area contributed by atoms with Crippen LogP contribution in [0.25, 0.3) is 0 Å². The second kappa shape index (κ2) is 5.66. The van der Waals surface area contributed by atoms with Gasteiger partial charge in [0, 0.05) is 4.88 Å². The number of ether oxygens (including phenoxy) is 1. The van der Waals surface area contributed by atoms with Crippen LogP contribution in [0.4, 0.5) is 10.1 Å². The third kappa shape index (κ3) is 2.76. The number of methoxy groups -OCH3 is 1. The summed E-state index contributed by atoms with van der Waals surface area (Å²) in [4.78, 5) is 13.0. The van der Waals surface area contributed by atoms with Gasteiger partial charge in [0.2, 0.25) is 0 Å². The van der Waals surface area contributed by atoms with Crippen LogP contribution >= 0.6 is 22.9 Å². The van der Waals surface area contributed by atoms with E-state index in [1.165, 1.54) is 30.2 Å². The molecule has 1 aliphatic rings. The zero-order valence-corrected chi connectivity index (χ0v) is 12.9. The highest BCUT2D eigenvalue weighted by atomic mass is 35.5. The van der Waals surface area contributed by atoms with Crippen molar-refractivity contribution in [2.75, 3.05) is 12.4 Å². The predicted molar refractivity (Wildman–Crippen MR) is 81.8 cm³/mol. The molecule has 1 aromatic heterocycles. The van der Waals surface area contributed by atoms with Gasteiger partial charge >= 0.3 is 5.97 Å². The van der Waals surface area contributed by atoms with Crippen molar-refractivity contribution in [3.63, 3.8) is 0 Å². The minimum Gasteiger partial charge on any atom is -0.465 e. The van der Waals surface area contributed by atoms with Crippen molar-refractivity contribution in [1.82, 2.24) is 0 Å². The number of aryl methyl sites for hydroxylation is 1. The van der Waals surface area contributed by atoms with Crippen LogP contribution in [0.3, 0.4) is 0 Å². The van der Waals surface area contributed by atoms with Crippen molar-refractivity contribution in [2.45, 2.75) is 18.9 Å². The minimum atomic E-state index is -0.487. The van der Waals surface area contributed by atoms with Crippen LogP contribution in [0, 0.1) is 5.82 Å². The summed E-state index contributed by atoms with van der Waals surface area (Å²) in [5.74, 6) is -0.884. The summed E-state index contributed by atoms with van der Waals surface area (Å²) in [5.41, 5.74) is 1.90. The molecule has 0 amide bonds. The number of fused-ring (bicyclic) bond motifs is 1. The van der Waals surface area contributed by atoms with Crippen LogP contribution in [0.2, 0.25) is 4.34 Å². The number of hydrogen-bond donors (Lipinski definition) is 1. The average Bonchev–Trinajstić information content (AvgIpc) is 2.99. The first-order chi connectivity index (χ1) is 10.1. The highest BCUT2D eigenvalue weighted by Gasteiger charge is 2.26. The van der Waals surface area contributed by atoms with E-state index in [4.69, 9.17) is 16.3 Å². The number of carbonyl (C=O) groups is 1. The molecule has 0 bridgehead atoms. The lowest BCUT2D eigenvalue weighted by Gasteiger charge is -2.17. The van der Waals surface area contributed by atoms with Gasteiger partial charge in [0.05, 0.1) is 28.7 Å². The first-order valence-corrected chi connectivity index (χ1v) is 7.70. The van der Waals surface area contributed by atoms with Gasteiger partial charge in [0.15, 0.2) is 0 Å². The standard InChI is InChI=1S/C15H13ClFNO2S/c1-20-15(19)9-3-2-8(17)6-12(9)18-11-4-5-13-10(11)7-14(16)21-13/h2-3,6-7,11,18H,4-5H2,1H3. The van der Waals surface area contributed by atoms with E-state index >= 15 is 0 Å². The van der Waals surface area contributed by atoms with Gasteiger partial charge in [-0.25, -0.2) is 9.18 Å². The number of hydrogen-bond acceptors (Lipinski definition) is 4. The van der Waals surface area contributed by atoms with Gasteiger partial charge < -0.3 is 10.1 Å². The largest absolute Gasteiger partial charge is 0.465 e. The zero-order chi connectivity index (χ0) is 15.0. The van der Waals surface area contributed by atoms with Gasteiger partial charge in [-0.05, 0) is 42.7 Å². The molecule has 3 rings (SSSR count). The SMILES string of the molecule is COC(=O)c1ccc(F)cc1NC1CCc2sc(Cl)cc21. The molecule has 1 atom stereocenters. The van der Waals surface area contributed by atoms with Gasteiger partial charge in [-0.1, -0.05) is 11.6 Å². The number of benzene rings is 1. The summed E-state index contributed by atoms with van der Waals surface area (Å²) in [6.07, 6.45) is 1.84. The number of halogens is 2. The van der Waals surface area contributed by atoms with Crippen LogP contribution in [0.15, 0.2) is 24.3 Å². The van der Waals surface area contributed by atoms with Crippen molar-refractivity contribution >= 4 is 34.6 Å². The fourth-order valence-electron chi connectivity index (χ4n) is 2.59. The molecule has 0 saturated heterocycles. The molecular formula is C15H13ClFNO2S. The van der Waals surface area contributed by atoms with Gasteiger partial charge in [-0.15, -0.1) is 11.3 Å². The van der Waals surface area contributed by atoms with E-state index in [1.807, 2.05) is 6.07 Å². The summed E-state index contributed by atoms with van der Waals surface area (Å²) < 4.78 is 19.0. The Morgan fingerprint density at radius 3 is 3.05 bits per heavy atom. The Labute approximate surface area is 130 Å². The number of thiophene rings is 1. The van der Waals surface area contributed by atoms with Crippen LogP contribution in [-0.4, -0.2) is 13.1 Å². The first-order valence-electron chi connectivity index (χ1n) is 6.51. The predicted octanol–water partition coefficient (Wildman–Crippen LogP) is 4.43. The molecule has 3 nitrogen and oxygen atoms in total. The van der Waals surface area contributed by atoms with E-state index in [1.54, 1.807) is 11.3 Å². The van der Waals surface area contributed by atoms with Crippen molar-refractivity contribution in [3.05, 3.63) is 50.4 Å². The van der Waals surface area contributed by atoms with E-state index in [9.17, 15) is 9.18 Å². The Kier molecular flexibility index (Phi) is 3.87. The molecule has 1 N–H and O–H groups in total. The third-order valence-corrected chi connectivity index (χ3v) is 4.90. The number of anilines is 1. The van der Waals surface area contributed by atoms with E-state index in [0.717, 1.165) is 22.7 Å². The fraction of sp³-hybridized carbons (Fsp3) is 0.267. The van der Waals surface area contributed by atoms with Crippen LogP contribution in [0.1, 0.15) is 33.3 Å². The van der Waals surface area contributed by atoms with Crippen LogP contribution in [-0.2, 0) is 11.2 Å². The molecule has 1 aliphatic carbocycles. The van der Waals surface area contributed by atoms with Gasteiger partial charge in [-0.3, -0.25) is 0 Å². The molecule has 0 fully saturated rings. The topological polar surface area (TPSA) is 38.3 Å². The monoisotopic (exact) mass is 325 g/mol. The highest BCUT2D eigenvalue weighted by molar-refractivity contribution is 7.16. The summed E-state index contributed by atoms with van der Waals surface area (Å²) >= 11 is 7.60. The maximum absolute atomic E-state index is 13.5. The van der Waals surface area contributed by atoms with E-state index in [-0.39, 0.29) is 6.04 Å². The summed E-state index contributed by atoms with van der Waals surface area (Å²) in [6, 6.07) is 5.97. The van der Waals surface area contributed by atoms with Crippen LogP contribution in [0.5, 0.6) is 0 Å². The molecular weight excluding hydrogens is 313 g/mol. The van der Waals surface area contributed by atoms with E-state index in [2.05, 4.69) is 5.32 Å². The van der Waals surface area contributed by atoms with Crippen molar-refractivity contribution in [3.8, 4) is 0 Å². The highest BCUT2D eigenvalue weighted by Crippen LogP contribution is 2.41. The van der Waals surface area contributed by atoms with Crippen LogP contribution < -0.4 is 5.32 Å². The molecule has 1 heterocycles. The van der Waals surface area contributed by atoms with Crippen molar-refractivity contribution in [2.24, 2.45) is 0 Å². The molecule has 21 heavy (non-hydrogen) atoms. The third-order valence-electron chi connectivity index (χ3n) is 3.56. The second-order valence-electron chi connectivity index (χ2n) is 4.85. The summed E-state index contributed by atoms with van der Waals surface area (Å²) in [6.45, 7) is 0. The van der Waals surface area contributed by atoms with Crippen molar-refractivity contribution < 1.29 is 13.9 Å².